The summed E-state index contributed by atoms with van der Waals surface area (Å²) in [5, 5.41) is 9.25. The van der Waals surface area contributed by atoms with E-state index >= 15 is 0 Å². The summed E-state index contributed by atoms with van der Waals surface area (Å²) in [6.45, 7) is 1.86. The highest BCUT2D eigenvalue weighted by atomic mass is 32.2. The van der Waals surface area contributed by atoms with Gasteiger partial charge in [-0.3, -0.25) is 0 Å². The molecule has 0 aliphatic rings. The zero-order valence-corrected chi connectivity index (χ0v) is 10.6. The molecule has 96 valence electrons. The van der Waals surface area contributed by atoms with Crippen molar-refractivity contribution in [2.24, 2.45) is 0 Å². The lowest BCUT2D eigenvalue weighted by Gasteiger charge is -2.05. The van der Waals surface area contributed by atoms with Gasteiger partial charge in [0.05, 0.1) is 11.4 Å². The Morgan fingerprint density at radius 2 is 2.06 bits per heavy atom. The van der Waals surface area contributed by atoms with Crippen LogP contribution in [0.1, 0.15) is 11.5 Å². The van der Waals surface area contributed by atoms with Crippen LogP contribution in [0, 0.1) is 6.92 Å². The number of phenols is 1. The number of rotatable bonds is 4. The lowest BCUT2D eigenvalue weighted by molar-refractivity contribution is 0.471. The number of benzene rings is 1. The van der Waals surface area contributed by atoms with Gasteiger partial charge in [-0.15, -0.1) is 0 Å². The molecule has 0 fully saturated rings. The molecule has 18 heavy (non-hydrogen) atoms. The van der Waals surface area contributed by atoms with Crippen molar-refractivity contribution in [2.45, 2.75) is 18.4 Å². The van der Waals surface area contributed by atoms with Gasteiger partial charge in [-0.1, -0.05) is 6.07 Å². The molecule has 0 bridgehead atoms. The van der Waals surface area contributed by atoms with E-state index in [0.29, 0.717) is 5.76 Å². The van der Waals surface area contributed by atoms with Gasteiger partial charge < -0.3 is 9.52 Å². The van der Waals surface area contributed by atoms with E-state index in [2.05, 4.69) is 4.72 Å². The van der Waals surface area contributed by atoms with E-state index in [0.717, 1.165) is 5.76 Å². The molecule has 0 aliphatic carbocycles. The van der Waals surface area contributed by atoms with E-state index in [-0.39, 0.29) is 17.2 Å². The summed E-state index contributed by atoms with van der Waals surface area (Å²) in [6.07, 6.45) is 0. The summed E-state index contributed by atoms with van der Waals surface area (Å²) < 4.78 is 31.5. The molecule has 0 unspecified atom stereocenters. The zero-order chi connectivity index (χ0) is 13.2. The van der Waals surface area contributed by atoms with Crippen molar-refractivity contribution in [3.63, 3.8) is 0 Å². The molecule has 0 amide bonds. The molecule has 1 aromatic heterocycles. The maximum atomic E-state index is 11.9. The van der Waals surface area contributed by atoms with Gasteiger partial charge in [0, 0.05) is 0 Å². The van der Waals surface area contributed by atoms with Gasteiger partial charge in [0.1, 0.15) is 17.3 Å². The maximum absolute atomic E-state index is 11.9. The second-order valence-corrected chi connectivity index (χ2v) is 5.60. The van der Waals surface area contributed by atoms with Crippen LogP contribution < -0.4 is 4.72 Å². The normalized spacial score (nSPS) is 11.6. The van der Waals surface area contributed by atoms with Crippen LogP contribution in [0.2, 0.25) is 0 Å². The molecule has 0 radical (unpaired) electrons. The highest BCUT2D eigenvalue weighted by Gasteiger charge is 2.14. The van der Waals surface area contributed by atoms with Crippen molar-refractivity contribution >= 4 is 10.0 Å². The third kappa shape index (κ3) is 2.91. The molecular weight excluding hydrogens is 254 g/mol. The van der Waals surface area contributed by atoms with Crippen molar-refractivity contribution in [2.75, 3.05) is 0 Å². The number of hydrogen-bond acceptors (Lipinski definition) is 4. The van der Waals surface area contributed by atoms with Gasteiger partial charge in [0.25, 0.3) is 0 Å². The Kier molecular flexibility index (Phi) is 3.40. The van der Waals surface area contributed by atoms with Gasteiger partial charge in [-0.25, -0.2) is 13.1 Å². The summed E-state index contributed by atoms with van der Waals surface area (Å²) in [5.74, 6) is 1.17. The largest absolute Gasteiger partial charge is 0.508 e. The second-order valence-electron chi connectivity index (χ2n) is 3.83. The average Bonchev–Trinajstić information content (AvgIpc) is 2.73. The first-order valence-electron chi connectivity index (χ1n) is 5.31. The van der Waals surface area contributed by atoms with Crippen LogP contribution in [0.15, 0.2) is 45.7 Å². The number of nitrogens with one attached hydrogen (secondary N) is 1. The van der Waals surface area contributed by atoms with Crippen LogP contribution in [-0.2, 0) is 16.6 Å². The predicted octanol–water partition coefficient (Wildman–Crippen LogP) is 1.77. The summed E-state index contributed by atoms with van der Waals surface area (Å²) in [4.78, 5) is 0.0192. The van der Waals surface area contributed by atoms with Crippen molar-refractivity contribution in [1.82, 2.24) is 4.72 Å². The fourth-order valence-corrected chi connectivity index (χ4v) is 2.51. The third-order valence-electron chi connectivity index (χ3n) is 2.36. The maximum Gasteiger partial charge on any atom is 0.241 e. The quantitative estimate of drug-likeness (QED) is 0.884. The molecule has 0 saturated carbocycles. The summed E-state index contributed by atoms with van der Waals surface area (Å²) in [6, 6.07) is 8.96. The number of sulfonamides is 1. The van der Waals surface area contributed by atoms with Crippen LogP contribution in [-0.4, -0.2) is 13.5 Å². The van der Waals surface area contributed by atoms with Gasteiger partial charge >= 0.3 is 0 Å². The fraction of sp³-hybridized carbons (Fsp3) is 0.167. The molecule has 1 aromatic carbocycles. The monoisotopic (exact) mass is 267 g/mol. The molecule has 2 aromatic rings. The first-order valence-corrected chi connectivity index (χ1v) is 6.80. The number of aromatic hydroxyl groups is 1. The SMILES string of the molecule is Cc1ccc(CNS(=O)(=O)c2cccc(O)c2)o1. The van der Waals surface area contributed by atoms with E-state index in [4.69, 9.17) is 4.42 Å². The predicted molar refractivity (Wildman–Crippen MR) is 65.6 cm³/mol. The van der Waals surface area contributed by atoms with Crippen LogP contribution in [0.5, 0.6) is 5.75 Å². The Bertz CT molecular complexity index is 646. The van der Waals surface area contributed by atoms with E-state index in [1.165, 1.54) is 24.3 Å². The van der Waals surface area contributed by atoms with Gasteiger partial charge in [-0.05, 0) is 37.3 Å². The van der Waals surface area contributed by atoms with E-state index in [9.17, 15) is 13.5 Å². The van der Waals surface area contributed by atoms with Crippen molar-refractivity contribution < 1.29 is 17.9 Å². The molecule has 2 N–H and O–H groups in total. The minimum absolute atomic E-state index is 0.0192. The number of hydrogen-bond donors (Lipinski definition) is 2. The Morgan fingerprint density at radius 3 is 2.67 bits per heavy atom. The molecule has 2 rings (SSSR count). The number of aryl methyl sites for hydroxylation is 1. The van der Waals surface area contributed by atoms with E-state index < -0.39 is 10.0 Å². The van der Waals surface area contributed by atoms with Gasteiger partial charge in [0.15, 0.2) is 0 Å². The third-order valence-corrected chi connectivity index (χ3v) is 3.76. The second kappa shape index (κ2) is 4.83. The lowest BCUT2D eigenvalue weighted by Crippen LogP contribution is -2.22. The Hall–Kier alpha value is -1.79. The van der Waals surface area contributed by atoms with Gasteiger partial charge in [0.2, 0.25) is 10.0 Å². The number of phenolic OH excluding ortho intramolecular Hbond substituents is 1. The van der Waals surface area contributed by atoms with E-state index in [1.807, 2.05) is 0 Å². The Labute approximate surface area is 105 Å². The van der Waals surface area contributed by atoms with Crippen molar-refractivity contribution in [3.05, 3.63) is 47.9 Å². The van der Waals surface area contributed by atoms with Crippen molar-refractivity contribution in [3.8, 4) is 5.75 Å². The zero-order valence-electron chi connectivity index (χ0n) is 9.75. The molecule has 0 atom stereocenters. The molecule has 0 saturated heterocycles. The highest BCUT2D eigenvalue weighted by molar-refractivity contribution is 7.89. The topological polar surface area (TPSA) is 79.5 Å². The average molecular weight is 267 g/mol. The van der Waals surface area contributed by atoms with Crippen LogP contribution >= 0.6 is 0 Å². The molecular formula is C12H13NO4S. The summed E-state index contributed by atoms with van der Waals surface area (Å²) in [5.41, 5.74) is 0. The van der Waals surface area contributed by atoms with Crippen LogP contribution in [0.4, 0.5) is 0 Å². The first kappa shape index (κ1) is 12.7. The molecule has 0 aliphatic heterocycles. The molecule has 0 spiro atoms. The molecule has 1 heterocycles. The standard InChI is InChI=1S/C12H13NO4S/c1-9-5-6-11(17-9)8-13-18(15,16)12-4-2-3-10(14)7-12/h2-7,13-14H,8H2,1H3. The van der Waals surface area contributed by atoms with Crippen LogP contribution in [0.3, 0.4) is 0 Å². The molecule has 5 nitrogen and oxygen atoms in total. The first-order chi connectivity index (χ1) is 8.47. The minimum Gasteiger partial charge on any atom is -0.508 e. The fourth-order valence-electron chi connectivity index (χ4n) is 1.48. The summed E-state index contributed by atoms with van der Waals surface area (Å²) >= 11 is 0. The summed E-state index contributed by atoms with van der Waals surface area (Å²) in [7, 11) is -3.64. The lowest BCUT2D eigenvalue weighted by atomic mass is 10.3. The van der Waals surface area contributed by atoms with Crippen molar-refractivity contribution in [1.29, 1.82) is 0 Å². The highest BCUT2D eigenvalue weighted by Crippen LogP contribution is 2.16. The smallest absolute Gasteiger partial charge is 0.241 e. The van der Waals surface area contributed by atoms with Gasteiger partial charge in [-0.2, -0.15) is 0 Å². The Morgan fingerprint density at radius 1 is 1.28 bits per heavy atom. The Balaban J connectivity index is 2.13. The molecule has 6 heteroatoms. The minimum atomic E-state index is -3.64. The van der Waals surface area contributed by atoms with E-state index in [1.54, 1.807) is 19.1 Å². The van der Waals surface area contributed by atoms with Crippen LogP contribution in [0.25, 0.3) is 0 Å². The number of furan rings is 1.